The third-order valence-corrected chi connectivity index (χ3v) is 28.1. The highest BCUT2D eigenvalue weighted by atomic mass is 35.5. The number of nitrogens with two attached hydrogens (primary N) is 4. The molecule has 3 aromatic heterocycles. The van der Waals surface area contributed by atoms with E-state index in [2.05, 4.69) is 73.6 Å². The Labute approximate surface area is 794 Å². The molecule has 724 valence electrons. The van der Waals surface area contributed by atoms with Crippen LogP contribution in [0.4, 0.5) is 4.79 Å². The van der Waals surface area contributed by atoms with Gasteiger partial charge in [-0.25, -0.2) is 24.2 Å². The highest BCUT2D eigenvalue weighted by Gasteiger charge is 2.67. The molecule has 8 aliphatic rings. The van der Waals surface area contributed by atoms with Gasteiger partial charge in [0.1, 0.15) is 140 Å². The SMILES string of the molecule is Cc1onc(-c2ccccc2Cl)c1C(=O)N[C@@H]1C(=O)N2[C@@H]1SC(C)(C)[C@@H]2C(=O)O.Cc1onc(-c2ccccc2Cl)c1C(=O)N[C@@H]1C(=O)N2[C@@H]1SC(C)(C)[C@@H]2C(=O)O.Cc1onc(-c2ccccc2Cl)c1C(=O)N[C@@H]1C(=O)N2[C@@H]1SC(C)(C)[C@@H]2C(=O)O.NCCC[C@H](N)CC(=O)N[C@H]1CNC(=O)[C@H]([C@H]2C[C@H](O)NC(N)=N2)NC(=O)/C(=C/NC(N)=O)NC(=O)[C@H](CO)NC(=O)[C@H](CO)NC1=O. The summed E-state index contributed by atoms with van der Waals surface area (Å²) in [5.74, 6) is -11.8. The average molecular weight is 1990 g/mol. The Hall–Kier alpha value is -12.7. The number of aliphatic hydroxyl groups is 3. The number of carbonyl (C=O) groups excluding carboxylic acids is 13. The second-order valence-electron chi connectivity index (χ2n) is 33.2. The van der Waals surface area contributed by atoms with E-state index < -0.39 is 229 Å². The van der Waals surface area contributed by atoms with Crippen molar-refractivity contribution in [2.24, 2.45) is 27.9 Å². The van der Waals surface area contributed by atoms with E-state index in [4.69, 9.17) is 71.3 Å². The van der Waals surface area contributed by atoms with Gasteiger partial charge in [-0.05, 0) is 99.9 Å². The van der Waals surface area contributed by atoms with Gasteiger partial charge < -0.3 is 140 Å². The van der Waals surface area contributed by atoms with Crippen molar-refractivity contribution in [1.29, 1.82) is 0 Å². The van der Waals surface area contributed by atoms with Crippen LogP contribution in [0.25, 0.3) is 33.8 Å². The Morgan fingerprint density at radius 1 is 0.563 bits per heavy atom. The van der Waals surface area contributed by atoms with Gasteiger partial charge in [0.25, 0.3) is 23.6 Å². The van der Waals surface area contributed by atoms with Gasteiger partial charge in [-0.15, -0.1) is 35.3 Å². The summed E-state index contributed by atoms with van der Waals surface area (Å²) < 4.78 is 13.6. The van der Waals surface area contributed by atoms with Crippen LogP contribution in [0.5, 0.6) is 0 Å². The fourth-order valence-corrected chi connectivity index (χ4v) is 21.5. The third kappa shape index (κ3) is 22.3. The largest absolute Gasteiger partial charge is 0.480 e. The first kappa shape index (κ1) is 103. The lowest BCUT2D eigenvalue weighted by atomic mass is 9.95. The molecule has 0 aliphatic carbocycles. The molecule has 53 heteroatoms. The number of carboxylic acid groups (broad SMARTS) is 3. The number of urea groups is 1. The Bertz CT molecular complexity index is 5370. The van der Waals surface area contributed by atoms with Crippen LogP contribution >= 0.6 is 70.1 Å². The number of aliphatic hydroxyl groups excluding tert-OH is 3. The van der Waals surface area contributed by atoms with E-state index in [1.54, 1.807) is 135 Å². The van der Waals surface area contributed by atoms with Crippen LogP contribution in [-0.4, -0.2) is 297 Å². The molecule has 14 amide bonds. The number of β-lactam (4-membered cyclic amide) rings is 3. The van der Waals surface area contributed by atoms with Crippen LogP contribution in [0.1, 0.15) is 116 Å². The molecule has 0 radical (unpaired) electrons. The number of hydrogen-bond donors (Lipinski definition) is 21. The number of aliphatic carboxylic acids is 3. The number of halogens is 3. The maximum absolute atomic E-state index is 13.6. The van der Waals surface area contributed by atoms with E-state index in [-0.39, 0.29) is 52.6 Å². The number of guanidine groups is 1. The number of primary amides is 1. The molecule has 0 saturated carbocycles. The molecule has 8 aliphatic heterocycles. The second-order valence-corrected chi connectivity index (χ2v) is 39.7. The van der Waals surface area contributed by atoms with Crippen molar-refractivity contribution in [3.8, 4) is 33.8 Å². The van der Waals surface area contributed by atoms with Crippen LogP contribution in [0.15, 0.2) is 103 Å². The normalized spacial score (nSPS) is 25.8. The molecule has 0 spiro atoms. The zero-order chi connectivity index (χ0) is 99.2. The number of amides is 14. The number of hydrogen-bond acceptors (Lipinski definition) is 33. The van der Waals surface area contributed by atoms with Gasteiger partial charge in [-0.2, -0.15) is 0 Å². The van der Waals surface area contributed by atoms with E-state index >= 15 is 0 Å². The molecule has 0 bridgehead atoms. The molecule has 7 saturated heterocycles. The molecule has 16 atom stereocenters. The van der Waals surface area contributed by atoms with Gasteiger partial charge in [0.05, 0.1) is 34.3 Å². The molecular weight excluding hydrogens is 1900 g/mol. The molecule has 25 N–H and O–H groups in total. The Morgan fingerprint density at radius 3 is 1.30 bits per heavy atom. The highest BCUT2D eigenvalue weighted by molar-refractivity contribution is 8.02. The number of benzene rings is 3. The zero-order valence-electron chi connectivity index (χ0n) is 73.1. The minimum atomic E-state index is -1.78. The summed E-state index contributed by atoms with van der Waals surface area (Å²) in [7, 11) is 0. The first-order chi connectivity index (χ1) is 63.6. The number of aryl methyl sites for hydroxylation is 3. The number of nitrogens with zero attached hydrogens (tertiary/aromatic N) is 7. The van der Waals surface area contributed by atoms with Crippen molar-refractivity contribution in [3.05, 3.63) is 134 Å². The fraction of sp³-hybridized carbons (Fsp3) is 0.439. The Kier molecular flexibility index (Phi) is 32.4. The van der Waals surface area contributed by atoms with E-state index in [0.29, 0.717) is 74.6 Å². The van der Waals surface area contributed by atoms with Gasteiger partial charge in [0.2, 0.25) is 47.3 Å². The summed E-state index contributed by atoms with van der Waals surface area (Å²) in [6, 6.07) is 5.74. The topological polar surface area (TPSA) is 731 Å². The molecule has 11 heterocycles. The van der Waals surface area contributed by atoms with Crippen molar-refractivity contribution in [3.63, 3.8) is 0 Å². The smallest absolute Gasteiger partial charge is 0.327 e. The standard InChI is InChI=1S/C25H43N13O10.3C19H18ClN3O5S/c26-3-1-2-10(27)4-16(41)32-12-6-30-23(47)18(11-5-17(42)37-24(28)36-11)38-20(44)13(7-31-25(29)48)33-21(45)14(8-39)35-22(46)15(9-40)34-19(12)43;3*1-8-11(12(22-28-8)9-6-4-5-7-10(9)20)15(24)21-13-16(25)23-14(18(26)27)19(2,3)29-17(13)23/h7,10-12,14-15,17-18,39-40,42H,1-6,8-9,26-27H2,(H,30,47)(H,32,41)(H,33,45)(H,34,43)(H,35,46)(H,38,44)(H3,28,36,37)(H3,29,31,48);3*4-7,13-14,17H,1-3H3,(H,21,24)(H,26,27)/b13-7-;;;/t10-,11+,12-,14-,15-,17-,18-;3*13-,14+,17-/m0111/s1. The molecule has 7 fully saturated rings. The van der Waals surface area contributed by atoms with E-state index in [1.165, 1.54) is 50.0 Å². The summed E-state index contributed by atoms with van der Waals surface area (Å²) in [6.07, 6.45) is -0.253. The van der Waals surface area contributed by atoms with Crippen molar-refractivity contribution in [2.75, 3.05) is 26.3 Å². The molecular formula is C82H97Cl3N22O25S3. The Balaban J connectivity index is 0.000000177. The third-order valence-electron chi connectivity index (χ3n) is 22.4. The number of carbonyl (C=O) groups is 16. The van der Waals surface area contributed by atoms with Crippen LogP contribution in [0, 0.1) is 20.8 Å². The molecule has 47 nitrogen and oxygen atoms in total. The lowest BCUT2D eigenvalue weighted by molar-refractivity contribution is -0.159. The number of carboxylic acids is 3. The quantitative estimate of drug-likeness (QED) is 0.0279. The number of nitrogens with one attached hydrogen (secondary N) is 11. The summed E-state index contributed by atoms with van der Waals surface area (Å²) in [4.78, 5) is 210. The molecule has 3 aromatic carbocycles. The van der Waals surface area contributed by atoms with E-state index in [9.17, 15) is 107 Å². The molecule has 6 aromatic rings. The Morgan fingerprint density at radius 2 is 0.941 bits per heavy atom. The first-order valence-electron chi connectivity index (χ1n) is 41.3. The van der Waals surface area contributed by atoms with Crippen LogP contribution in [-0.2, 0) is 57.5 Å². The highest BCUT2D eigenvalue weighted by Crippen LogP contribution is 2.54. The van der Waals surface area contributed by atoms with Crippen LogP contribution < -0.4 is 81.4 Å². The lowest BCUT2D eigenvalue weighted by Gasteiger charge is -2.43. The number of rotatable bonds is 22. The van der Waals surface area contributed by atoms with Crippen LogP contribution in [0.2, 0.25) is 15.1 Å². The zero-order valence-corrected chi connectivity index (χ0v) is 77.9. The first-order valence-corrected chi connectivity index (χ1v) is 45.1. The van der Waals surface area contributed by atoms with Gasteiger partial charge >= 0.3 is 23.9 Å². The predicted octanol–water partition coefficient (Wildman–Crippen LogP) is -1.24. The minimum absolute atomic E-state index is 0.196. The van der Waals surface area contributed by atoms with Gasteiger partial charge in [-0.3, -0.25) is 57.5 Å². The molecule has 14 rings (SSSR count). The van der Waals surface area contributed by atoms with Gasteiger partial charge in [0, 0.05) is 62.6 Å². The van der Waals surface area contributed by atoms with E-state index in [1.807, 2.05) is 5.32 Å². The number of aromatic nitrogens is 3. The summed E-state index contributed by atoms with van der Waals surface area (Å²) in [6.45, 7) is 13.1. The number of thioether (sulfide) groups is 3. The lowest BCUT2D eigenvalue weighted by Crippen LogP contribution is -2.70. The minimum Gasteiger partial charge on any atom is -0.480 e. The number of aliphatic imine (C=N–C) groups is 1. The van der Waals surface area contributed by atoms with Crippen molar-refractivity contribution < 1.29 is 121 Å². The average Bonchev–Trinajstić information content (AvgIpc) is 1.57. The molecule has 0 unspecified atom stereocenters. The summed E-state index contributed by atoms with van der Waals surface area (Å²) in [5.41, 5.74) is 24.6. The molecule has 135 heavy (non-hydrogen) atoms. The van der Waals surface area contributed by atoms with Crippen LogP contribution in [0.3, 0.4) is 0 Å². The monoisotopic (exact) mass is 1990 g/mol. The second kappa shape index (κ2) is 42.5. The summed E-state index contributed by atoms with van der Waals surface area (Å²) >= 11 is 22.8. The maximum atomic E-state index is 13.6. The predicted molar refractivity (Wildman–Crippen MR) is 484 cm³/mol. The maximum Gasteiger partial charge on any atom is 0.327 e. The van der Waals surface area contributed by atoms with E-state index in [0.717, 1.165) is 0 Å². The number of fused-ring (bicyclic) bond motifs is 3. The summed E-state index contributed by atoms with van der Waals surface area (Å²) in [5, 5.41) is 96.2. The van der Waals surface area contributed by atoms with Crippen molar-refractivity contribution in [2.45, 2.75) is 197 Å². The van der Waals surface area contributed by atoms with Crippen molar-refractivity contribution in [1.82, 2.24) is 88.7 Å². The van der Waals surface area contributed by atoms with Crippen molar-refractivity contribution >= 4 is 171 Å². The fourth-order valence-electron chi connectivity index (χ4n) is 15.9. The van der Waals surface area contributed by atoms with Gasteiger partial charge in [0.15, 0.2) is 5.96 Å². The van der Waals surface area contributed by atoms with Gasteiger partial charge in [-0.1, -0.05) is 105 Å².